The second-order valence-electron chi connectivity index (χ2n) is 4.55. The third-order valence-electron chi connectivity index (χ3n) is 2.64. The summed E-state index contributed by atoms with van der Waals surface area (Å²) in [5.74, 6) is -0.0736. The SMILES string of the molecule is CC(C)Cc1nc(C2CC2C(=O)O)cs1. The molecular formula is C11H15NO2S. The standard InChI is InChI=1S/C11H15NO2S/c1-6(2)3-10-12-9(5-15-10)7-4-8(7)11(13)14/h5-8H,3-4H2,1-2H3,(H,13,14). The van der Waals surface area contributed by atoms with Gasteiger partial charge in [-0.25, -0.2) is 4.98 Å². The van der Waals surface area contributed by atoms with Crippen LogP contribution in [0.4, 0.5) is 0 Å². The molecule has 4 heteroatoms. The van der Waals surface area contributed by atoms with Crippen molar-refractivity contribution >= 4 is 17.3 Å². The van der Waals surface area contributed by atoms with Crippen LogP contribution < -0.4 is 0 Å². The second-order valence-corrected chi connectivity index (χ2v) is 5.49. The average Bonchev–Trinajstić information content (AvgIpc) is 2.81. The van der Waals surface area contributed by atoms with Gasteiger partial charge in [0.25, 0.3) is 0 Å². The van der Waals surface area contributed by atoms with Crippen molar-refractivity contribution < 1.29 is 9.90 Å². The van der Waals surface area contributed by atoms with Crippen molar-refractivity contribution in [2.45, 2.75) is 32.6 Å². The molecule has 1 aromatic rings. The number of aliphatic carboxylic acids is 1. The molecule has 2 atom stereocenters. The van der Waals surface area contributed by atoms with Crippen LogP contribution in [0, 0.1) is 11.8 Å². The van der Waals surface area contributed by atoms with E-state index in [9.17, 15) is 4.79 Å². The van der Waals surface area contributed by atoms with Crippen LogP contribution >= 0.6 is 11.3 Å². The van der Waals surface area contributed by atoms with Crippen molar-refractivity contribution in [2.75, 3.05) is 0 Å². The molecule has 1 N–H and O–H groups in total. The van der Waals surface area contributed by atoms with Gasteiger partial charge >= 0.3 is 5.97 Å². The van der Waals surface area contributed by atoms with Crippen LogP contribution in [0.1, 0.15) is 36.9 Å². The molecule has 1 aliphatic rings. The number of hydrogen-bond acceptors (Lipinski definition) is 3. The first-order chi connectivity index (χ1) is 7.08. The van der Waals surface area contributed by atoms with E-state index in [1.54, 1.807) is 11.3 Å². The van der Waals surface area contributed by atoms with Gasteiger partial charge < -0.3 is 5.11 Å². The van der Waals surface area contributed by atoms with E-state index in [1.165, 1.54) is 0 Å². The summed E-state index contributed by atoms with van der Waals surface area (Å²) in [4.78, 5) is 15.2. The van der Waals surface area contributed by atoms with Crippen molar-refractivity contribution in [1.82, 2.24) is 4.98 Å². The highest BCUT2D eigenvalue weighted by Crippen LogP contribution is 2.47. The lowest BCUT2D eigenvalue weighted by molar-refractivity contribution is -0.138. The van der Waals surface area contributed by atoms with Crippen LogP contribution in [0.2, 0.25) is 0 Å². The number of aromatic nitrogens is 1. The molecule has 1 saturated carbocycles. The van der Waals surface area contributed by atoms with E-state index in [4.69, 9.17) is 5.11 Å². The first kappa shape index (κ1) is 10.6. The Balaban J connectivity index is 2.00. The van der Waals surface area contributed by atoms with Gasteiger partial charge in [-0.3, -0.25) is 4.79 Å². The predicted molar refractivity (Wildman–Crippen MR) is 59.1 cm³/mol. The van der Waals surface area contributed by atoms with Gasteiger partial charge in [-0.15, -0.1) is 11.3 Å². The Labute approximate surface area is 93.2 Å². The minimum absolute atomic E-state index is 0.180. The third kappa shape index (κ3) is 2.37. The number of hydrogen-bond donors (Lipinski definition) is 1. The number of nitrogens with zero attached hydrogens (tertiary/aromatic N) is 1. The van der Waals surface area contributed by atoms with Gasteiger partial charge in [0.15, 0.2) is 0 Å². The van der Waals surface area contributed by atoms with Crippen molar-refractivity contribution in [3.05, 3.63) is 16.1 Å². The number of carboxylic acids is 1. The molecule has 2 rings (SSSR count). The molecule has 0 spiro atoms. The van der Waals surface area contributed by atoms with Crippen molar-refractivity contribution in [3.63, 3.8) is 0 Å². The second kappa shape index (κ2) is 3.93. The minimum Gasteiger partial charge on any atom is -0.481 e. The quantitative estimate of drug-likeness (QED) is 0.856. The molecule has 0 bridgehead atoms. The molecule has 0 radical (unpaired) electrons. The summed E-state index contributed by atoms with van der Waals surface area (Å²) < 4.78 is 0. The monoisotopic (exact) mass is 225 g/mol. The van der Waals surface area contributed by atoms with Crippen LogP contribution in [-0.4, -0.2) is 16.1 Å². The van der Waals surface area contributed by atoms with Gasteiger partial charge in [0.1, 0.15) is 0 Å². The van der Waals surface area contributed by atoms with Gasteiger partial charge in [-0.2, -0.15) is 0 Å². The van der Waals surface area contributed by atoms with Crippen LogP contribution in [0.15, 0.2) is 5.38 Å². The van der Waals surface area contributed by atoms with E-state index in [-0.39, 0.29) is 11.8 Å². The third-order valence-corrected chi connectivity index (χ3v) is 3.53. The van der Waals surface area contributed by atoms with Crippen LogP contribution in [0.5, 0.6) is 0 Å². The topological polar surface area (TPSA) is 50.2 Å². The fraction of sp³-hybridized carbons (Fsp3) is 0.636. The summed E-state index contributed by atoms with van der Waals surface area (Å²) in [6.07, 6.45) is 1.76. The zero-order valence-electron chi connectivity index (χ0n) is 8.93. The summed E-state index contributed by atoms with van der Waals surface area (Å²) in [5.41, 5.74) is 0.989. The molecule has 1 aromatic heterocycles. The van der Waals surface area contributed by atoms with E-state index < -0.39 is 5.97 Å². The maximum Gasteiger partial charge on any atom is 0.307 e. The number of carboxylic acid groups (broad SMARTS) is 1. The highest BCUT2D eigenvalue weighted by Gasteiger charge is 2.45. The van der Waals surface area contributed by atoms with E-state index in [0.717, 1.165) is 23.5 Å². The molecule has 1 aliphatic carbocycles. The Morgan fingerprint density at radius 1 is 1.73 bits per heavy atom. The highest BCUT2D eigenvalue weighted by molar-refractivity contribution is 7.09. The summed E-state index contributed by atoms with van der Waals surface area (Å²) in [6, 6.07) is 0. The van der Waals surface area contributed by atoms with Gasteiger partial charge in [0.2, 0.25) is 0 Å². The van der Waals surface area contributed by atoms with E-state index in [0.29, 0.717) is 5.92 Å². The van der Waals surface area contributed by atoms with Crippen LogP contribution in [-0.2, 0) is 11.2 Å². The van der Waals surface area contributed by atoms with Gasteiger partial charge in [0, 0.05) is 17.7 Å². The number of rotatable bonds is 4. The Morgan fingerprint density at radius 3 is 3.00 bits per heavy atom. The summed E-state index contributed by atoms with van der Waals surface area (Å²) in [5, 5.41) is 12.0. The fourth-order valence-corrected chi connectivity index (χ4v) is 2.81. The summed E-state index contributed by atoms with van der Waals surface area (Å²) in [6.45, 7) is 4.33. The fourth-order valence-electron chi connectivity index (χ4n) is 1.73. The van der Waals surface area contributed by atoms with E-state index >= 15 is 0 Å². The molecule has 1 heterocycles. The minimum atomic E-state index is -0.682. The molecule has 82 valence electrons. The Hall–Kier alpha value is -0.900. The van der Waals surface area contributed by atoms with Gasteiger partial charge in [-0.05, 0) is 12.3 Å². The zero-order valence-corrected chi connectivity index (χ0v) is 9.75. The molecule has 0 aromatic carbocycles. The van der Waals surface area contributed by atoms with Gasteiger partial charge in [0.05, 0.1) is 16.6 Å². The lowest BCUT2D eigenvalue weighted by atomic mass is 10.1. The first-order valence-corrected chi connectivity index (χ1v) is 6.13. The van der Waals surface area contributed by atoms with Crippen molar-refractivity contribution in [1.29, 1.82) is 0 Å². The van der Waals surface area contributed by atoms with Crippen LogP contribution in [0.3, 0.4) is 0 Å². The highest BCUT2D eigenvalue weighted by atomic mass is 32.1. The molecule has 0 amide bonds. The van der Waals surface area contributed by atoms with Crippen molar-refractivity contribution in [2.24, 2.45) is 11.8 Å². The van der Waals surface area contributed by atoms with E-state index in [1.807, 2.05) is 5.38 Å². The lowest BCUT2D eigenvalue weighted by Crippen LogP contribution is -1.99. The first-order valence-electron chi connectivity index (χ1n) is 5.25. The van der Waals surface area contributed by atoms with Gasteiger partial charge in [-0.1, -0.05) is 13.8 Å². The predicted octanol–water partition coefficient (Wildman–Crippen LogP) is 2.53. The number of thiazole rings is 1. The lowest BCUT2D eigenvalue weighted by Gasteiger charge is -1.98. The normalized spacial score (nSPS) is 24.5. The molecule has 1 fully saturated rings. The molecule has 3 nitrogen and oxygen atoms in total. The van der Waals surface area contributed by atoms with Crippen molar-refractivity contribution in [3.8, 4) is 0 Å². The molecular weight excluding hydrogens is 210 g/mol. The summed E-state index contributed by atoms with van der Waals surface area (Å²) in [7, 11) is 0. The summed E-state index contributed by atoms with van der Waals surface area (Å²) >= 11 is 1.66. The largest absolute Gasteiger partial charge is 0.481 e. The maximum atomic E-state index is 10.7. The van der Waals surface area contributed by atoms with Crippen LogP contribution in [0.25, 0.3) is 0 Å². The number of carbonyl (C=O) groups is 1. The Bertz CT molecular complexity index is 372. The Kier molecular flexibility index (Phi) is 2.78. The molecule has 0 aliphatic heterocycles. The molecule has 2 unspecified atom stereocenters. The zero-order chi connectivity index (χ0) is 11.0. The average molecular weight is 225 g/mol. The smallest absolute Gasteiger partial charge is 0.307 e. The Morgan fingerprint density at radius 2 is 2.47 bits per heavy atom. The van der Waals surface area contributed by atoms with E-state index in [2.05, 4.69) is 18.8 Å². The maximum absolute atomic E-state index is 10.7. The molecule has 15 heavy (non-hydrogen) atoms. The molecule has 0 saturated heterocycles.